The Labute approximate surface area is 119 Å². The van der Waals surface area contributed by atoms with E-state index in [0.717, 1.165) is 17.2 Å². The SMILES string of the molecule is Cc1ccc(CNC(C)c2sc(C)nc2C)c(C)c1. The van der Waals surface area contributed by atoms with Gasteiger partial charge in [0.05, 0.1) is 10.7 Å². The van der Waals surface area contributed by atoms with Gasteiger partial charge in [-0.05, 0) is 45.7 Å². The van der Waals surface area contributed by atoms with Crippen molar-refractivity contribution in [2.75, 3.05) is 0 Å². The molecule has 102 valence electrons. The Hall–Kier alpha value is -1.19. The minimum absolute atomic E-state index is 0.354. The second-order valence-corrected chi connectivity index (χ2v) is 6.45. The minimum Gasteiger partial charge on any atom is -0.305 e. The van der Waals surface area contributed by atoms with Crippen LogP contribution in [0, 0.1) is 27.7 Å². The van der Waals surface area contributed by atoms with Crippen molar-refractivity contribution in [3.63, 3.8) is 0 Å². The smallest absolute Gasteiger partial charge is 0.0900 e. The summed E-state index contributed by atoms with van der Waals surface area (Å²) in [4.78, 5) is 5.84. The summed E-state index contributed by atoms with van der Waals surface area (Å²) in [6.07, 6.45) is 0. The number of hydrogen-bond donors (Lipinski definition) is 1. The van der Waals surface area contributed by atoms with Gasteiger partial charge in [0, 0.05) is 17.5 Å². The number of rotatable bonds is 4. The summed E-state index contributed by atoms with van der Waals surface area (Å²) >= 11 is 1.79. The molecule has 1 aromatic heterocycles. The first-order chi connectivity index (χ1) is 8.97. The third-order valence-electron chi connectivity index (χ3n) is 3.43. The van der Waals surface area contributed by atoms with Crippen molar-refractivity contribution in [2.45, 2.75) is 47.2 Å². The lowest BCUT2D eigenvalue weighted by molar-refractivity contribution is 0.578. The molecule has 1 unspecified atom stereocenters. The lowest BCUT2D eigenvalue weighted by atomic mass is 10.1. The van der Waals surface area contributed by atoms with Crippen molar-refractivity contribution in [2.24, 2.45) is 0 Å². The standard InChI is InChI=1S/C16H22N2S/c1-10-6-7-15(11(2)8-10)9-17-12(3)16-13(4)18-14(5)19-16/h6-8,12,17H,9H2,1-5H3. The second-order valence-electron chi connectivity index (χ2n) is 5.22. The zero-order valence-corrected chi connectivity index (χ0v) is 13.2. The third kappa shape index (κ3) is 3.43. The fourth-order valence-corrected chi connectivity index (χ4v) is 3.30. The minimum atomic E-state index is 0.354. The Balaban J connectivity index is 2.04. The van der Waals surface area contributed by atoms with Gasteiger partial charge < -0.3 is 5.32 Å². The Kier molecular flexibility index (Phi) is 4.38. The monoisotopic (exact) mass is 274 g/mol. The summed E-state index contributed by atoms with van der Waals surface area (Å²) in [6, 6.07) is 6.99. The molecule has 0 saturated carbocycles. The lowest BCUT2D eigenvalue weighted by Crippen LogP contribution is -2.18. The zero-order valence-electron chi connectivity index (χ0n) is 12.4. The second kappa shape index (κ2) is 5.85. The molecule has 0 aliphatic carbocycles. The largest absolute Gasteiger partial charge is 0.305 e. The van der Waals surface area contributed by atoms with E-state index >= 15 is 0 Å². The summed E-state index contributed by atoms with van der Waals surface area (Å²) in [6.45, 7) is 11.6. The summed E-state index contributed by atoms with van der Waals surface area (Å²) in [5, 5.41) is 4.75. The van der Waals surface area contributed by atoms with Gasteiger partial charge in [-0.15, -0.1) is 11.3 Å². The number of hydrogen-bond acceptors (Lipinski definition) is 3. The molecule has 2 rings (SSSR count). The van der Waals surface area contributed by atoms with E-state index in [9.17, 15) is 0 Å². The van der Waals surface area contributed by atoms with Crippen LogP contribution in [0.1, 0.15) is 45.2 Å². The normalized spacial score (nSPS) is 12.7. The topological polar surface area (TPSA) is 24.9 Å². The van der Waals surface area contributed by atoms with E-state index in [-0.39, 0.29) is 0 Å². The molecule has 0 amide bonds. The van der Waals surface area contributed by atoms with E-state index in [1.807, 2.05) is 0 Å². The first-order valence-corrected chi connectivity index (χ1v) is 7.52. The Morgan fingerprint density at radius 2 is 1.95 bits per heavy atom. The first-order valence-electron chi connectivity index (χ1n) is 6.71. The van der Waals surface area contributed by atoms with Crippen LogP contribution in [0.4, 0.5) is 0 Å². The summed E-state index contributed by atoms with van der Waals surface area (Å²) in [5.41, 5.74) is 5.21. The molecule has 1 atom stereocenters. The molecule has 19 heavy (non-hydrogen) atoms. The molecule has 1 heterocycles. The zero-order chi connectivity index (χ0) is 14.0. The van der Waals surface area contributed by atoms with E-state index in [0.29, 0.717) is 6.04 Å². The van der Waals surface area contributed by atoms with Crippen LogP contribution in [0.2, 0.25) is 0 Å². The number of nitrogens with zero attached hydrogens (tertiary/aromatic N) is 1. The molecule has 0 spiro atoms. The van der Waals surface area contributed by atoms with Gasteiger partial charge in [0.25, 0.3) is 0 Å². The quantitative estimate of drug-likeness (QED) is 0.902. The summed E-state index contributed by atoms with van der Waals surface area (Å²) < 4.78 is 0. The maximum absolute atomic E-state index is 4.49. The molecule has 1 N–H and O–H groups in total. The maximum atomic E-state index is 4.49. The van der Waals surface area contributed by atoms with Crippen LogP contribution in [-0.4, -0.2) is 4.98 Å². The van der Waals surface area contributed by atoms with Crippen molar-refractivity contribution in [1.82, 2.24) is 10.3 Å². The van der Waals surface area contributed by atoms with E-state index in [1.54, 1.807) is 11.3 Å². The van der Waals surface area contributed by atoms with E-state index in [1.165, 1.54) is 21.6 Å². The Bertz CT molecular complexity index is 572. The molecule has 0 fully saturated rings. The van der Waals surface area contributed by atoms with Crippen LogP contribution in [0.15, 0.2) is 18.2 Å². The molecule has 0 bridgehead atoms. The average Bonchev–Trinajstić information content (AvgIpc) is 2.67. The molecule has 0 radical (unpaired) electrons. The van der Waals surface area contributed by atoms with Crippen LogP contribution in [-0.2, 0) is 6.54 Å². The molecule has 2 nitrogen and oxygen atoms in total. The van der Waals surface area contributed by atoms with Gasteiger partial charge in [-0.2, -0.15) is 0 Å². The number of benzene rings is 1. The van der Waals surface area contributed by atoms with Gasteiger partial charge in [0.1, 0.15) is 0 Å². The van der Waals surface area contributed by atoms with Crippen molar-refractivity contribution in [3.05, 3.63) is 50.5 Å². The molecule has 2 aromatic rings. The maximum Gasteiger partial charge on any atom is 0.0900 e. The van der Waals surface area contributed by atoms with E-state index in [4.69, 9.17) is 0 Å². The number of thiazole rings is 1. The van der Waals surface area contributed by atoms with Gasteiger partial charge in [-0.1, -0.05) is 23.8 Å². The number of aromatic nitrogens is 1. The highest BCUT2D eigenvalue weighted by atomic mass is 32.1. The molecule has 0 aliphatic heterocycles. The molecular formula is C16H22N2S. The van der Waals surface area contributed by atoms with Crippen LogP contribution >= 0.6 is 11.3 Å². The van der Waals surface area contributed by atoms with E-state index in [2.05, 4.69) is 63.1 Å². The van der Waals surface area contributed by atoms with Crippen molar-refractivity contribution in [3.8, 4) is 0 Å². The predicted octanol–water partition coefficient (Wildman–Crippen LogP) is 4.23. The van der Waals surface area contributed by atoms with Crippen molar-refractivity contribution < 1.29 is 0 Å². The van der Waals surface area contributed by atoms with Crippen molar-refractivity contribution in [1.29, 1.82) is 0 Å². The predicted molar refractivity (Wildman–Crippen MR) is 82.8 cm³/mol. The molecule has 0 saturated heterocycles. The highest BCUT2D eigenvalue weighted by Gasteiger charge is 2.12. The van der Waals surface area contributed by atoms with Crippen LogP contribution in [0.25, 0.3) is 0 Å². The number of nitrogens with one attached hydrogen (secondary N) is 1. The third-order valence-corrected chi connectivity index (χ3v) is 4.69. The van der Waals surface area contributed by atoms with Gasteiger partial charge in [0.15, 0.2) is 0 Å². The fourth-order valence-electron chi connectivity index (χ4n) is 2.35. The van der Waals surface area contributed by atoms with E-state index < -0.39 is 0 Å². The van der Waals surface area contributed by atoms with Gasteiger partial charge >= 0.3 is 0 Å². The Morgan fingerprint density at radius 3 is 2.53 bits per heavy atom. The number of aryl methyl sites for hydroxylation is 4. The molecule has 1 aromatic carbocycles. The molecule has 3 heteroatoms. The van der Waals surface area contributed by atoms with Crippen LogP contribution in [0.3, 0.4) is 0 Å². The fraction of sp³-hybridized carbons (Fsp3) is 0.438. The highest BCUT2D eigenvalue weighted by molar-refractivity contribution is 7.11. The lowest BCUT2D eigenvalue weighted by Gasteiger charge is -2.14. The molecular weight excluding hydrogens is 252 g/mol. The average molecular weight is 274 g/mol. The van der Waals surface area contributed by atoms with Crippen molar-refractivity contribution >= 4 is 11.3 Å². The van der Waals surface area contributed by atoms with Gasteiger partial charge in [-0.3, -0.25) is 0 Å². The Morgan fingerprint density at radius 1 is 1.21 bits per heavy atom. The summed E-state index contributed by atoms with van der Waals surface area (Å²) in [7, 11) is 0. The summed E-state index contributed by atoms with van der Waals surface area (Å²) in [5.74, 6) is 0. The van der Waals surface area contributed by atoms with Gasteiger partial charge in [0.2, 0.25) is 0 Å². The van der Waals surface area contributed by atoms with Gasteiger partial charge in [-0.25, -0.2) is 4.98 Å². The van der Waals surface area contributed by atoms with Crippen LogP contribution in [0.5, 0.6) is 0 Å². The van der Waals surface area contributed by atoms with Crippen LogP contribution < -0.4 is 5.32 Å². The highest BCUT2D eigenvalue weighted by Crippen LogP contribution is 2.24. The first kappa shape index (κ1) is 14.2. The molecule has 0 aliphatic rings.